The van der Waals surface area contributed by atoms with Gasteiger partial charge in [0.15, 0.2) is 0 Å². The van der Waals surface area contributed by atoms with Crippen LogP contribution in [0.4, 0.5) is 0 Å². The van der Waals surface area contributed by atoms with Crippen LogP contribution in [-0.2, 0) is 0 Å². The highest BCUT2D eigenvalue weighted by Crippen LogP contribution is 2.27. The molecule has 0 spiro atoms. The van der Waals surface area contributed by atoms with Crippen LogP contribution in [0, 0.1) is 0 Å². The molecule has 4 rings (SSSR count). The lowest BCUT2D eigenvalue weighted by Crippen LogP contribution is -2.46. The van der Waals surface area contributed by atoms with E-state index < -0.39 is 0 Å². The van der Waals surface area contributed by atoms with Gasteiger partial charge in [0.2, 0.25) is 0 Å². The molecule has 0 saturated carbocycles. The van der Waals surface area contributed by atoms with E-state index in [0.717, 1.165) is 28.7 Å². The number of carbonyl (C=O) groups is 1. The van der Waals surface area contributed by atoms with Gasteiger partial charge >= 0.3 is 0 Å². The molecule has 2 aromatic rings. The Morgan fingerprint density at radius 3 is 3.19 bits per heavy atom. The summed E-state index contributed by atoms with van der Waals surface area (Å²) in [5.41, 5.74) is 3.54. The van der Waals surface area contributed by atoms with Crippen molar-refractivity contribution in [1.29, 1.82) is 0 Å². The lowest BCUT2D eigenvalue weighted by molar-refractivity contribution is 0.0915. The Morgan fingerprint density at radius 1 is 1.29 bits per heavy atom. The van der Waals surface area contributed by atoms with Gasteiger partial charge in [0.1, 0.15) is 0 Å². The summed E-state index contributed by atoms with van der Waals surface area (Å²) in [5, 5.41) is 3.25. The molecule has 110 valence electrons. The first kappa shape index (κ1) is 13.2. The minimum atomic E-state index is 0.0581. The molecule has 1 amide bonds. The molecule has 2 fully saturated rings. The van der Waals surface area contributed by atoms with E-state index in [1.165, 1.54) is 25.8 Å². The molecule has 2 aliphatic rings. The third kappa shape index (κ3) is 2.45. The number of thiazole rings is 1. The number of hydrogen-bond acceptors (Lipinski definition) is 4. The largest absolute Gasteiger partial charge is 0.348 e. The Balaban J connectivity index is 1.50. The standard InChI is InChI=1S/C16H19N3OS/c20-16(11-4-5-13-15(9-11)21-10-17-13)18-12-6-8-19-7-2-1-3-14(12)19/h4-5,9-10,12,14H,1-3,6-8H2,(H,18,20). The summed E-state index contributed by atoms with van der Waals surface area (Å²) in [7, 11) is 0. The van der Waals surface area contributed by atoms with Crippen molar-refractivity contribution in [2.24, 2.45) is 0 Å². The highest BCUT2D eigenvalue weighted by molar-refractivity contribution is 7.16. The molecule has 21 heavy (non-hydrogen) atoms. The van der Waals surface area contributed by atoms with Crippen LogP contribution in [0.25, 0.3) is 10.2 Å². The highest BCUT2D eigenvalue weighted by atomic mass is 32.1. The first-order valence-electron chi connectivity index (χ1n) is 7.69. The number of piperidine rings is 1. The molecule has 3 heterocycles. The number of aromatic nitrogens is 1. The summed E-state index contributed by atoms with van der Waals surface area (Å²) < 4.78 is 1.08. The zero-order valence-electron chi connectivity index (χ0n) is 11.9. The number of amides is 1. The van der Waals surface area contributed by atoms with Crippen LogP contribution in [0.2, 0.25) is 0 Å². The number of nitrogens with one attached hydrogen (secondary N) is 1. The second kappa shape index (κ2) is 5.39. The second-order valence-electron chi connectivity index (χ2n) is 6.00. The van der Waals surface area contributed by atoms with Gasteiger partial charge in [0, 0.05) is 24.2 Å². The van der Waals surface area contributed by atoms with E-state index in [1.807, 2.05) is 23.7 Å². The van der Waals surface area contributed by atoms with Gasteiger partial charge in [-0.05, 0) is 44.0 Å². The SMILES string of the molecule is O=C(NC1CCN2CCCCC12)c1ccc2ncsc2c1. The monoisotopic (exact) mass is 301 g/mol. The first-order chi connectivity index (χ1) is 10.3. The Kier molecular flexibility index (Phi) is 3.39. The molecule has 1 aromatic carbocycles. The van der Waals surface area contributed by atoms with E-state index in [-0.39, 0.29) is 5.91 Å². The van der Waals surface area contributed by atoms with Crippen molar-refractivity contribution in [3.05, 3.63) is 29.3 Å². The number of rotatable bonds is 2. The van der Waals surface area contributed by atoms with Crippen molar-refractivity contribution in [3.63, 3.8) is 0 Å². The van der Waals surface area contributed by atoms with Crippen LogP contribution in [0.3, 0.4) is 0 Å². The number of benzene rings is 1. The zero-order chi connectivity index (χ0) is 14.2. The van der Waals surface area contributed by atoms with Gasteiger partial charge < -0.3 is 5.32 Å². The van der Waals surface area contributed by atoms with Crippen molar-refractivity contribution in [2.45, 2.75) is 37.8 Å². The summed E-state index contributed by atoms with van der Waals surface area (Å²) in [4.78, 5) is 19.3. The fourth-order valence-electron chi connectivity index (χ4n) is 3.66. The van der Waals surface area contributed by atoms with E-state index >= 15 is 0 Å². The third-order valence-corrected chi connectivity index (χ3v) is 5.56. The normalized spacial score (nSPS) is 25.9. The molecule has 5 heteroatoms. The van der Waals surface area contributed by atoms with Crippen LogP contribution in [-0.4, -0.2) is 41.0 Å². The van der Waals surface area contributed by atoms with Gasteiger partial charge in [-0.2, -0.15) is 0 Å². The first-order valence-corrected chi connectivity index (χ1v) is 8.57. The number of carbonyl (C=O) groups excluding carboxylic acids is 1. The van der Waals surface area contributed by atoms with Crippen molar-refractivity contribution < 1.29 is 4.79 Å². The van der Waals surface area contributed by atoms with Gasteiger partial charge in [-0.3, -0.25) is 9.69 Å². The molecular formula is C16H19N3OS. The Morgan fingerprint density at radius 2 is 2.24 bits per heavy atom. The van der Waals surface area contributed by atoms with Crippen LogP contribution in [0.15, 0.2) is 23.7 Å². The highest BCUT2D eigenvalue weighted by Gasteiger charge is 2.36. The van der Waals surface area contributed by atoms with Gasteiger partial charge in [0.05, 0.1) is 15.7 Å². The number of fused-ring (bicyclic) bond motifs is 2. The summed E-state index contributed by atoms with van der Waals surface area (Å²) in [6.45, 7) is 2.33. The van der Waals surface area contributed by atoms with Crippen molar-refractivity contribution in [1.82, 2.24) is 15.2 Å². The minimum absolute atomic E-state index is 0.0581. The van der Waals surface area contributed by atoms with Crippen LogP contribution >= 0.6 is 11.3 Å². The fraction of sp³-hybridized carbons (Fsp3) is 0.500. The summed E-state index contributed by atoms with van der Waals surface area (Å²) in [6, 6.07) is 6.63. The fourth-order valence-corrected chi connectivity index (χ4v) is 4.38. The molecule has 0 aliphatic carbocycles. The summed E-state index contributed by atoms with van der Waals surface area (Å²) in [5.74, 6) is 0.0581. The molecule has 1 aromatic heterocycles. The molecule has 2 aliphatic heterocycles. The van der Waals surface area contributed by atoms with Gasteiger partial charge in [0.25, 0.3) is 5.91 Å². The Bertz CT molecular complexity index is 668. The lowest BCUT2D eigenvalue weighted by Gasteiger charge is -2.32. The Hall–Kier alpha value is -1.46. The number of nitrogens with zero attached hydrogens (tertiary/aromatic N) is 2. The molecule has 1 N–H and O–H groups in total. The maximum Gasteiger partial charge on any atom is 0.251 e. The van der Waals surface area contributed by atoms with Gasteiger partial charge in [-0.15, -0.1) is 11.3 Å². The maximum atomic E-state index is 12.5. The minimum Gasteiger partial charge on any atom is -0.348 e. The summed E-state index contributed by atoms with van der Waals surface area (Å²) in [6.07, 6.45) is 4.90. The lowest BCUT2D eigenvalue weighted by atomic mass is 9.99. The molecule has 2 atom stereocenters. The zero-order valence-corrected chi connectivity index (χ0v) is 12.7. The smallest absolute Gasteiger partial charge is 0.251 e. The predicted molar refractivity (Wildman–Crippen MR) is 84.7 cm³/mol. The van der Waals surface area contributed by atoms with E-state index in [2.05, 4.69) is 15.2 Å². The topological polar surface area (TPSA) is 45.2 Å². The third-order valence-electron chi connectivity index (χ3n) is 4.77. The predicted octanol–water partition coefficient (Wildman–Crippen LogP) is 2.65. The second-order valence-corrected chi connectivity index (χ2v) is 6.89. The van der Waals surface area contributed by atoms with Gasteiger partial charge in [-0.25, -0.2) is 4.98 Å². The maximum absolute atomic E-state index is 12.5. The van der Waals surface area contributed by atoms with E-state index in [0.29, 0.717) is 12.1 Å². The van der Waals surface area contributed by atoms with E-state index in [9.17, 15) is 4.79 Å². The number of hydrogen-bond donors (Lipinski definition) is 1. The quantitative estimate of drug-likeness (QED) is 0.927. The van der Waals surface area contributed by atoms with Gasteiger partial charge in [-0.1, -0.05) is 6.42 Å². The van der Waals surface area contributed by atoms with E-state index in [1.54, 1.807) is 11.3 Å². The Labute approximate surface area is 128 Å². The molecule has 0 bridgehead atoms. The van der Waals surface area contributed by atoms with Crippen molar-refractivity contribution in [3.8, 4) is 0 Å². The molecular weight excluding hydrogens is 282 g/mol. The van der Waals surface area contributed by atoms with Crippen LogP contribution in [0.1, 0.15) is 36.0 Å². The molecule has 0 radical (unpaired) electrons. The van der Waals surface area contributed by atoms with Crippen molar-refractivity contribution in [2.75, 3.05) is 13.1 Å². The summed E-state index contributed by atoms with van der Waals surface area (Å²) >= 11 is 1.58. The van der Waals surface area contributed by atoms with E-state index in [4.69, 9.17) is 0 Å². The van der Waals surface area contributed by atoms with Crippen molar-refractivity contribution >= 4 is 27.5 Å². The van der Waals surface area contributed by atoms with Crippen LogP contribution in [0.5, 0.6) is 0 Å². The molecule has 2 saturated heterocycles. The molecule has 2 unspecified atom stereocenters. The van der Waals surface area contributed by atoms with Crippen LogP contribution < -0.4 is 5.32 Å². The average molecular weight is 301 g/mol. The average Bonchev–Trinajstić information content (AvgIpc) is 3.13. The molecule has 4 nitrogen and oxygen atoms in total.